The van der Waals surface area contributed by atoms with Gasteiger partial charge in [-0.25, -0.2) is 4.79 Å². The summed E-state index contributed by atoms with van der Waals surface area (Å²) in [6.45, 7) is 0. The maximum Gasteiger partial charge on any atom is 0.344 e. The molecule has 72 valence electrons. The number of hydrogen-bond donors (Lipinski definition) is 2. The molecule has 0 unspecified atom stereocenters. The van der Waals surface area contributed by atoms with Crippen LogP contribution in [0.5, 0.6) is 5.75 Å². The molecule has 0 amide bonds. The average molecular weight is 208 g/mol. The van der Waals surface area contributed by atoms with E-state index in [1.807, 2.05) is 0 Å². The molecule has 0 saturated carbocycles. The molecule has 0 saturated heterocycles. The van der Waals surface area contributed by atoms with Crippen LogP contribution in [0, 0.1) is 0 Å². The Morgan fingerprint density at radius 2 is 2.07 bits per heavy atom. The zero-order chi connectivity index (χ0) is 10.1. The van der Waals surface area contributed by atoms with Gasteiger partial charge in [0.1, 0.15) is 11.3 Å². The highest BCUT2D eigenvalue weighted by Crippen LogP contribution is 2.26. The Kier molecular flexibility index (Phi) is 2.21. The van der Waals surface area contributed by atoms with Gasteiger partial charge in [-0.05, 0) is 12.1 Å². The maximum absolute atomic E-state index is 11.3. The number of hydrogen-bond acceptors (Lipinski definition) is 4. The van der Waals surface area contributed by atoms with E-state index in [1.165, 1.54) is 0 Å². The fourth-order valence-electron chi connectivity index (χ4n) is 1.31. The summed E-state index contributed by atoms with van der Waals surface area (Å²) in [4.78, 5) is 11.3. The van der Waals surface area contributed by atoms with Crippen LogP contribution in [0.1, 0.15) is 5.56 Å². The van der Waals surface area contributed by atoms with Crippen molar-refractivity contribution in [2.75, 3.05) is 0 Å². The lowest BCUT2D eigenvalue weighted by Gasteiger charge is -2.02. The summed E-state index contributed by atoms with van der Waals surface area (Å²) >= 11 is 3.96. The van der Waals surface area contributed by atoms with Crippen molar-refractivity contribution in [1.29, 1.82) is 0 Å². The molecule has 0 aliphatic carbocycles. The molecule has 2 aromatic rings. The summed E-state index contributed by atoms with van der Waals surface area (Å²) in [6, 6.07) is 6.84. The molecule has 1 aromatic carbocycles. The van der Waals surface area contributed by atoms with E-state index in [9.17, 15) is 9.90 Å². The molecule has 0 spiro atoms. The summed E-state index contributed by atoms with van der Waals surface area (Å²) in [5.41, 5.74) is 0.0590. The SMILES string of the molecule is O=c1oc2ccccc2c(O)c1CS. The molecular formula is C10H8O3S. The van der Waals surface area contributed by atoms with Crippen molar-refractivity contribution in [2.24, 2.45) is 0 Å². The minimum absolute atomic E-state index is 0.0353. The number of rotatable bonds is 1. The highest BCUT2D eigenvalue weighted by molar-refractivity contribution is 7.79. The third-order valence-electron chi connectivity index (χ3n) is 2.04. The summed E-state index contributed by atoms with van der Waals surface area (Å²) in [7, 11) is 0. The lowest BCUT2D eigenvalue weighted by Crippen LogP contribution is -2.05. The van der Waals surface area contributed by atoms with Crippen molar-refractivity contribution in [1.82, 2.24) is 0 Å². The standard InChI is InChI=1S/C10H8O3S/c11-9-6-3-1-2-4-8(6)13-10(12)7(9)5-14/h1-4,11,14H,5H2. The Morgan fingerprint density at radius 3 is 2.79 bits per heavy atom. The van der Waals surface area contributed by atoms with Gasteiger partial charge in [-0.1, -0.05) is 12.1 Å². The Morgan fingerprint density at radius 1 is 1.36 bits per heavy atom. The Hall–Kier alpha value is -1.42. The van der Waals surface area contributed by atoms with Gasteiger partial charge in [0.2, 0.25) is 0 Å². The second-order valence-electron chi connectivity index (χ2n) is 2.87. The van der Waals surface area contributed by atoms with Crippen LogP contribution in [0.3, 0.4) is 0 Å². The van der Waals surface area contributed by atoms with E-state index in [2.05, 4.69) is 12.6 Å². The lowest BCUT2D eigenvalue weighted by atomic mass is 10.2. The predicted octanol–water partition coefficient (Wildman–Crippen LogP) is 1.93. The molecule has 1 N–H and O–H groups in total. The van der Waals surface area contributed by atoms with Crippen molar-refractivity contribution in [3.8, 4) is 5.75 Å². The normalized spacial score (nSPS) is 10.6. The minimum atomic E-state index is -0.531. The van der Waals surface area contributed by atoms with E-state index in [4.69, 9.17) is 4.42 Å². The van der Waals surface area contributed by atoms with Gasteiger partial charge in [-0.3, -0.25) is 0 Å². The van der Waals surface area contributed by atoms with E-state index in [0.29, 0.717) is 11.0 Å². The monoisotopic (exact) mass is 208 g/mol. The van der Waals surface area contributed by atoms with Crippen LogP contribution >= 0.6 is 12.6 Å². The quantitative estimate of drug-likeness (QED) is 0.556. The maximum atomic E-state index is 11.3. The summed E-state index contributed by atoms with van der Waals surface area (Å²) < 4.78 is 5.00. The third-order valence-corrected chi connectivity index (χ3v) is 2.35. The van der Waals surface area contributed by atoms with Crippen LogP contribution in [0.15, 0.2) is 33.5 Å². The van der Waals surface area contributed by atoms with Gasteiger partial charge in [0.05, 0.1) is 10.9 Å². The highest BCUT2D eigenvalue weighted by atomic mass is 32.1. The van der Waals surface area contributed by atoms with E-state index in [0.717, 1.165) is 0 Å². The van der Waals surface area contributed by atoms with Crippen molar-refractivity contribution in [3.63, 3.8) is 0 Å². The molecule has 0 bridgehead atoms. The molecule has 4 heteroatoms. The number of benzene rings is 1. The number of fused-ring (bicyclic) bond motifs is 1. The fraction of sp³-hybridized carbons (Fsp3) is 0.100. The molecule has 0 radical (unpaired) electrons. The van der Waals surface area contributed by atoms with Crippen LogP contribution in [0.4, 0.5) is 0 Å². The summed E-state index contributed by atoms with van der Waals surface area (Å²) in [5, 5.41) is 10.3. The molecule has 0 atom stereocenters. The Balaban J connectivity index is 2.93. The first kappa shape index (κ1) is 9.15. The van der Waals surface area contributed by atoms with Crippen LogP contribution in [0.2, 0.25) is 0 Å². The van der Waals surface area contributed by atoms with Gasteiger partial charge in [0.25, 0.3) is 0 Å². The van der Waals surface area contributed by atoms with E-state index < -0.39 is 5.63 Å². The fourth-order valence-corrected chi connectivity index (χ4v) is 1.59. The van der Waals surface area contributed by atoms with Crippen molar-refractivity contribution in [3.05, 3.63) is 40.2 Å². The topological polar surface area (TPSA) is 50.4 Å². The van der Waals surface area contributed by atoms with Crippen LogP contribution < -0.4 is 5.63 Å². The minimum Gasteiger partial charge on any atom is -0.507 e. The first-order chi connectivity index (χ1) is 6.74. The van der Waals surface area contributed by atoms with E-state index in [-0.39, 0.29) is 17.1 Å². The summed E-state index contributed by atoms with van der Waals surface area (Å²) in [5.74, 6) is 0.130. The summed E-state index contributed by atoms with van der Waals surface area (Å²) in [6.07, 6.45) is 0. The largest absolute Gasteiger partial charge is 0.507 e. The Bertz CT molecular complexity index is 530. The predicted molar refractivity (Wildman–Crippen MR) is 56.8 cm³/mol. The second kappa shape index (κ2) is 3.38. The first-order valence-corrected chi connectivity index (χ1v) is 4.72. The zero-order valence-electron chi connectivity index (χ0n) is 7.23. The van der Waals surface area contributed by atoms with Crippen LogP contribution in [-0.4, -0.2) is 5.11 Å². The molecule has 1 aromatic heterocycles. The second-order valence-corrected chi connectivity index (χ2v) is 3.19. The smallest absolute Gasteiger partial charge is 0.344 e. The number of aromatic hydroxyl groups is 1. The molecule has 0 aliphatic rings. The van der Waals surface area contributed by atoms with Gasteiger partial charge >= 0.3 is 5.63 Å². The molecule has 0 aliphatic heterocycles. The molecule has 14 heavy (non-hydrogen) atoms. The van der Waals surface area contributed by atoms with Gasteiger partial charge in [-0.2, -0.15) is 12.6 Å². The van der Waals surface area contributed by atoms with Crippen molar-refractivity contribution >= 4 is 23.6 Å². The van der Waals surface area contributed by atoms with Gasteiger partial charge in [0.15, 0.2) is 0 Å². The molecular weight excluding hydrogens is 200 g/mol. The van der Waals surface area contributed by atoms with E-state index >= 15 is 0 Å². The van der Waals surface area contributed by atoms with Gasteiger partial charge in [0, 0.05) is 5.75 Å². The molecule has 2 rings (SSSR count). The Labute approximate surface area is 85.4 Å². The van der Waals surface area contributed by atoms with Crippen molar-refractivity contribution in [2.45, 2.75) is 5.75 Å². The first-order valence-electron chi connectivity index (χ1n) is 4.08. The average Bonchev–Trinajstić information content (AvgIpc) is 2.18. The molecule has 0 fully saturated rings. The van der Waals surface area contributed by atoms with Crippen LogP contribution in [-0.2, 0) is 5.75 Å². The molecule has 3 nitrogen and oxygen atoms in total. The van der Waals surface area contributed by atoms with E-state index in [1.54, 1.807) is 24.3 Å². The third kappa shape index (κ3) is 1.28. The molecule has 1 heterocycles. The lowest BCUT2D eigenvalue weighted by molar-refractivity contribution is 0.460. The highest BCUT2D eigenvalue weighted by Gasteiger charge is 2.11. The van der Waals surface area contributed by atoms with Crippen molar-refractivity contribution < 1.29 is 9.52 Å². The zero-order valence-corrected chi connectivity index (χ0v) is 8.12. The van der Waals surface area contributed by atoms with Gasteiger partial charge in [-0.15, -0.1) is 0 Å². The number of thiol groups is 1. The van der Waals surface area contributed by atoms with Crippen LogP contribution in [0.25, 0.3) is 11.0 Å². The van der Waals surface area contributed by atoms with Gasteiger partial charge < -0.3 is 9.52 Å². The number of para-hydroxylation sites is 1.